The third-order valence-electron chi connectivity index (χ3n) is 10.3. The number of hydrogen-bond donors (Lipinski definition) is 0. The van der Waals surface area contributed by atoms with E-state index in [4.69, 9.17) is 14.4 Å². The second kappa shape index (κ2) is 11.5. The minimum Gasteiger partial charge on any atom is -0.455 e. The van der Waals surface area contributed by atoms with E-state index in [1.807, 2.05) is 12.1 Å². The van der Waals surface area contributed by atoms with E-state index in [0.29, 0.717) is 5.82 Å². The third-order valence-corrected chi connectivity index (χ3v) is 11.5. The summed E-state index contributed by atoms with van der Waals surface area (Å²) < 4.78 is 8.88. The predicted molar refractivity (Wildman–Crippen MR) is 219 cm³/mol. The zero-order chi connectivity index (χ0) is 34.2. The lowest BCUT2D eigenvalue weighted by Crippen LogP contribution is -1.96. The van der Waals surface area contributed by atoms with Gasteiger partial charge in [-0.25, -0.2) is 9.97 Å². The van der Waals surface area contributed by atoms with Gasteiger partial charge in [-0.05, 0) is 57.3 Å². The van der Waals surface area contributed by atoms with Gasteiger partial charge < -0.3 is 4.42 Å². The van der Waals surface area contributed by atoms with Crippen LogP contribution < -0.4 is 0 Å². The van der Waals surface area contributed by atoms with Gasteiger partial charge in [0.2, 0.25) is 0 Å². The fraction of sp³-hybridized carbons (Fsp3) is 0. The maximum Gasteiger partial charge on any atom is 0.161 e. The molecule has 0 fully saturated rings. The second-order valence-electron chi connectivity index (χ2n) is 13.3. The Bertz CT molecular complexity index is 3180. The maximum atomic E-state index is 6.59. The van der Waals surface area contributed by atoms with Crippen LogP contribution in [-0.4, -0.2) is 9.97 Å². The van der Waals surface area contributed by atoms with E-state index in [1.165, 1.54) is 26.6 Å². The van der Waals surface area contributed by atoms with Crippen molar-refractivity contribution < 1.29 is 4.42 Å². The van der Waals surface area contributed by atoms with Crippen molar-refractivity contribution in [1.29, 1.82) is 0 Å². The summed E-state index contributed by atoms with van der Waals surface area (Å²) in [6.07, 6.45) is 0. The van der Waals surface area contributed by atoms with Crippen LogP contribution in [0.3, 0.4) is 0 Å². The molecule has 3 nitrogen and oxygen atoms in total. The van der Waals surface area contributed by atoms with E-state index < -0.39 is 0 Å². The summed E-state index contributed by atoms with van der Waals surface area (Å²) in [4.78, 5) is 10.9. The van der Waals surface area contributed by atoms with E-state index in [9.17, 15) is 0 Å². The molecule has 242 valence electrons. The lowest BCUT2D eigenvalue weighted by atomic mass is 9.92. The van der Waals surface area contributed by atoms with Crippen LogP contribution in [0.2, 0.25) is 0 Å². The van der Waals surface area contributed by atoms with Crippen molar-refractivity contribution in [3.8, 4) is 44.9 Å². The summed E-state index contributed by atoms with van der Waals surface area (Å²) in [7, 11) is 0. The van der Waals surface area contributed by atoms with Gasteiger partial charge in [0.25, 0.3) is 0 Å². The molecule has 0 atom stereocenters. The average Bonchev–Trinajstić information content (AvgIpc) is 3.79. The molecule has 0 bridgehead atoms. The van der Waals surface area contributed by atoms with Crippen LogP contribution in [-0.2, 0) is 0 Å². The van der Waals surface area contributed by atoms with E-state index in [1.54, 1.807) is 11.3 Å². The highest BCUT2D eigenvalue weighted by atomic mass is 32.1. The number of nitrogens with zero attached hydrogens (tertiary/aromatic N) is 2. The van der Waals surface area contributed by atoms with E-state index in [-0.39, 0.29) is 0 Å². The van der Waals surface area contributed by atoms with Gasteiger partial charge in [0.1, 0.15) is 11.2 Å². The van der Waals surface area contributed by atoms with Crippen LogP contribution in [0.4, 0.5) is 0 Å². The fourth-order valence-corrected chi connectivity index (χ4v) is 8.94. The van der Waals surface area contributed by atoms with E-state index in [2.05, 4.69) is 158 Å². The maximum absolute atomic E-state index is 6.59. The Kier molecular flexibility index (Phi) is 6.42. The Morgan fingerprint density at radius 3 is 2.04 bits per heavy atom. The minimum atomic E-state index is 0.699. The van der Waals surface area contributed by atoms with Crippen LogP contribution in [0, 0.1) is 0 Å². The molecule has 11 rings (SSSR count). The summed E-state index contributed by atoms with van der Waals surface area (Å²) in [5.41, 5.74) is 10.3. The minimum absolute atomic E-state index is 0.699. The van der Waals surface area contributed by atoms with Crippen molar-refractivity contribution in [2.75, 3.05) is 0 Å². The number of thiophene rings is 1. The molecule has 52 heavy (non-hydrogen) atoms. The molecule has 3 aromatic heterocycles. The first-order chi connectivity index (χ1) is 25.8. The normalized spacial score (nSPS) is 11.8. The van der Waals surface area contributed by atoms with E-state index in [0.717, 1.165) is 76.3 Å². The molecule has 3 heterocycles. The number of furan rings is 1. The number of rotatable bonds is 4. The second-order valence-corrected chi connectivity index (χ2v) is 14.4. The molecule has 4 heteroatoms. The summed E-state index contributed by atoms with van der Waals surface area (Å²) in [6.45, 7) is 0. The Balaban J connectivity index is 1.19. The van der Waals surface area contributed by atoms with Gasteiger partial charge in [0.15, 0.2) is 5.82 Å². The molecular weight excluding hydrogens is 653 g/mol. The van der Waals surface area contributed by atoms with Gasteiger partial charge in [-0.2, -0.15) is 0 Å². The SMILES string of the molecule is c1ccc(-c2cccc3c2c(-c2nc(-c4ccc(-c5ccc6ccccc6c5)cc4)c4sc5ccccc5c4n2)cc2c4ccccc4oc32)cc1. The van der Waals surface area contributed by atoms with Gasteiger partial charge in [0, 0.05) is 42.8 Å². The zero-order valence-corrected chi connectivity index (χ0v) is 28.7. The number of fused-ring (bicyclic) bond motifs is 9. The van der Waals surface area contributed by atoms with Gasteiger partial charge >= 0.3 is 0 Å². The molecule has 0 saturated carbocycles. The van der Waals surface area contributed by atoms with Crippen molar-refractivity contribution in [3.63, 3.8) is 0 Å². The van der Waals surface area contributed by atoms with Crippen LogP contribution in [0.5, 0.6) is 0 Å². The Morgan fingerprint density at radius 1 is 0.442 bits per heavy atom. The highest BCUT2D eigenvalue weighted by Gasteiger charge is 2.22. The Hall–Kier alpha value is -6.62. The molecule has 0 radical (unpaired) electrons. The molecule has 8 aromatic carbocycles. The lowest BCUT2D eigenvalue weighted by molar-refractivity contribution is 0.672. The smallest absolute Gasteiger partial charge is 0.161 e. The molecular formula is C48H28N2OS. The first kappa shape index (κ1) is 29.1. The van der Waals surface area contributed by atoms with Crippen LogP contribution in [0.1, 0.15) is 0 Å². The summed E-state index contributed by atoms with van der Waals surface area (Å²) in [6, 6.07) is 60.2. The molecule has 0 N–H and O–H groups in total. The molecule has 0 amide bonds. The van der Waals surface area contributed by atoms with Crippen molar-refractivity contribution >= 4 is 75.1 Å². The number of aromatic nitrogens is 2. The average molecular weight is 681 g/mol. The number of benzene rings is 8. The van der Waals surface area contributed by atoms with Gasteiger partial charge in [-0.1, -0.05) is 146 Å². The summed E-state index contributed by atoms with van der Waals surface area (Å²) in [5, 5.41) is 7.89. The first-order valence-electron chi connectivity index (χ1n) is 17.5. The molecule has 0 spiro atoms. The molecule has 0 aliphatic rings. The molecule has 11 aromatic rings. The van der Waals surface area contributed by atoms with Gasteiger partial charge in [-0.15, -0.1) is 11.3 Å². The highest BCUT2D eigenvalue weighted by Crippen LogP contribution is 2.45. The fourth-order valence-electron chi connectivity index (χ4n) is 7.79. The van der Waals surface area contributed by atoms with E-state index >= 15 is 0 Å². The molecule has 0 aliphatic carbocycles. The molecule has 0 aliphatic heterocycles. The lowest BCUT2D eigenvalue weighted by Gasteiger charge is -2.14. The van der Waals surface area contributed by atoms with Crippen molar-refractivity contribution in [2.45, 2.75) is 0 Å². The highest BCUT2D eigenvalue weighted by molar-refractivity contribution is 7.26. The summed E-state index contributed by atoms with van der Waals surface area (Å²) >= 11 is 1.76. The van der Waals surface area contributed by atoms with Crippen molar-refractivity contribution in [2.24, 2.45) is 0 Å². The first-order valence-corrected chi connectivity index (χ1v) is 18.3. The topological polar surface area (TPSA) is 38.9 Å². The van der Waals surface area contributed by atoms with Crippen LogP contribution >= 0.6 is 11.3 Å². The van der Waals surface area contributed by atoms with Gasteiger partial charge in [-0.3, -0.25) is 0 Å². The largest absolute Gasteiger partial charge is 0.455 e. The van der Waals surface area contributed by atoms with Crippen LogP contribution in [0.15, 0.2) is 174 Å². The number of para-hydroxylation sites is 1. The predicted octanol–water partition coefficient (Wildman–Crippen LogP) is 13.7. The van der Waals surface area contributed by atoms with Gasteiger partial charge in [0.05, 0.1) is 15.9 Å². The molecule has 0 saturated heterocycles. The standard InChI is InChI=1S/C48H28N2OS/c1-2-12-31(13-3-1)35-17-10-18-38-43(35)40(28-39-36-15-6-8-19-41(36)51-46(38)39)48-49-44(47-45(50-48)37-16-7-9-20-42(37)52-47)32-24-21-30(22-25-32)34-26-23-29-11-4-5-14-33(29)27-34/h1-28H. The van der Waals surface area contributed by atoms with Crippen molar-refractivity contribution in [3.05, 3.63) is 170 Å². The quantitative estimate of drug-likeness (QED) is 0.186. The third kappa shape index (κ3) is 4.51. The Labute approximate surface area is 303 Å². The zero-order valence-electron chi connectivity index (χ0n) is 27.9. The number of hydrogen-bond acceptors (Lipinski definition) is 4. The monoisotopic (exact) mass is 680 g/mol. The summed E-state index contributed by atoms with van der Waals surface area (Å²) in [5.74, 6) is 0.699. The molecule has 0 unspecified atom stereocenters. The van der Waals surface area contributed by atoms with Crippen LogP contribution in [0.25, 0.3) is 109 Å². The Morgan fingerprint density at radius 2 is 1.15 bits per heavy atom. The van der Waals surface area contributed by atoms with Crippen molar-refractivity contribution in [1.82, 2.24) is 9.97 Å².